The molecule has 0 spiro atoms. The maximum absolute atomic E-state index is 15.4. The highest BCUT2D eigenvalue weighted by molar-refractivity contribution is 7.52. The van der Waals surface area contributed by atoms with Crippen molar-refractivity contribution in [1.82, 2.24) is 4.98 Å². The molecule has 228 valence electrons. The van der Waals surface area contributed by atoms with E-state index in [4.69, 9.17) is 37.4 Å². The number of aromatic nitrogens is 1. The summed E-state index contributed by atoms with van der Waals surface area (Å²) in [6.45, 7) is 12.5. The first-order valence-electron chi connectivity index (χ1n) is 12.3. The predicted molar refractivity (Wildman–Crippen MR) is 151 cm³/mol. The second-order valence-corrected chi connectivity index (χ2v) is 14.0. The molecule has 1 aromatic heterocycles. The topological polar surface area (TPSA) is 165 Å². The average Bonchev–Trinajstić information content (AvgIpc) is 2.81. The Labute approximate surface area is 247 Å². The minimum Gasteiger partial charge on any atom is -0.508 e. The summed E-state index contributed by atoms with van der Waals surface area (Å²) in [7, 11) is -5.36. The Morgan fingerprint density at radius 1 is 1.02 bits per heavy atom. The van der Waals surface area contributed by atoms with Gasteiger partial charge in [-0.2, -0.15) is 0 Å². The van der Waals surface area contributed by atoms with E-state index in [1.165, 1.54) is 59.7 Å². The molecule has 4 N–H and O–H groups in total. The van der Waals surface area contributed by atoms with E-state index in [2.05, 4.69) is 10.3 Å². The van der Waals surface area contributed by atoms with E-state index >= 15 is 4.39 Å². The normalized spacial score (nSPS) is 13.2. The van der Waals surface area contributed by atoms with Crippen molar-refractivity contribution >= 4 is 48.6 Å². The molecule has 1 heterocycles. The minimum absolute atomic E-state index is 0.0192. The van der Waals surface area contributed by atoms with Gasteiger partial charge in [0.1, 0.15) is 16.5 Å². The average molecular weight is 639 g/mol. The molecule has 0 fully saturated rings. The minimum atomic E-state index is -5.36. The lowest BCUT2D eigenvalue weighted by atomic mass is 9.97. The van der Waals surface area contributed by atoms with Gasteiger partial charge in [0.05, 0.1) is 10.8 Å². The Morgan fingerprint density at radius 3 is 1.98 bits per heavy atom. The molecule has 0 aliphatic carbocycles. The first-order valence-corrected chi connectivity index (χ1v) is 14.8. The van der Waals surface area contributed by atoms with Gasteiger partial charge in [0.2, 0.25) is 5.78 Å². The van der Waals surface area contributed by atoms with Gasteiger partial charge in [0, 0.05) is 5.56 Å². The van der Waals surface area contributed by atoms with Gasteiger partial charge in [0.25, 0.3) is 6.29 Å². The van der Waals surface area contributed by atoms with Gasteiger partial charge in [-0.25, -0.2) is 9.37 Å². The molecule has 1 aromatic carbocycles. The number of esters is 2. The van der Waals surface area contributed by atoms with Gasteiger partial charge in [0.15, 0.2) is 22.5 Å². The highest BCUT2D eigenvalue weighted by Crippen LogP contribution is 2.47. The van der Waals surface area contributed by atoms with Crippen LogP contribution >= 0.6 is 30.8 Å². The number of phenolic OH excluding ortho intramolecular Hbond substituents is 1. The number of nitrogens with zero attached hydrogens (tertiary/aromatic N) is 1. The van der Waals surface area contributed by atoms with Crippen LogP contribution in [0.15, 0.2) is 18.2 Å². The number of ether oxygens (including phenoxy) is 3. The number of hydrogen-bond acceptors (Lipinski definition) is 9. The first-order chi connectivity index (χ1) is 18.5. The Kier molecular flexibility index (Phi) is 10.7. The number of aromatic hydroxyl groups is 1. The van der Waals surface area contributed by atoms with E-state index in [1.54, 1.807) is 0 Å². The van der Waals surface area contributed by atoms with Crippen molar-refractivity contribution in [2.75, 3.05) is 5.32 Å². The maximum Gasteiger partial charge on any atom is 0.355 e. The number of benzene rings is 1. The van der Waals surface area contributed by atoms with Crippen LogP contribution in [0.1, 0.15) is 66.9 Å². The number of anilines is 1. The van der Waals surface area contributed by atoms with E-state index in [1.807, 2.05) is 13.8 Å². The number of hydrogen-bond donors (Lipinski definition) is 4. The number of halogens is 3. The highest BCUT2D eigenvalue weighted by Gasteiger charge is 2.45. The molecule has 0 amide bonds. The Bertz CT molecular complexity index is 1330. The van der Waals surface area contributed by atoms with Gasteiger partial charge < -0.3 is 34.4 Å². The van der Waals surface area contributed by atoms with E-state index in [0.717, 1.165) is 0 Å². The van der Waals surface area contributed by atoms with Gasteiger partial charge >= 0.3 is 19.5 Å². The summed E-state index contributed by atoms with van der Waals surface area (Å²) in [4.78, 5) is 49.3. The van der Waals surface area contributed by atoms with Crippen molar-refractivity contribution in [2.24, 2.45) is 10.8 Å². The zero-order chi connectivity index (χ0) is 31.7. The summed E-state index contributed by atoms with van der Waals surface area (Å²) in [5.74, 6) is -6.75. The number of rotatable bonds is 9. The van der Waals surface area contributed by atoms with Crippen molar-refractivity contribution in [3.8, 4) is 17.2 Å². The molecule has 2 rings (SSSR count). The Morgan fingerprint density at radius 2 is 1.54 bits per heavy atom. The van der Waals surface area contributed by atoms with Crippen LogP contribution in [-0.2, 0) is 23.6 Å². The number of carbonyl (C=O) groups excluding carboxylic acids is 2. The molecular weight excluding hydrogens is 605 g/mol. The van der Waals surface area contributed by atoms with Crippen LogP contribution in [0.2, 0.25) is 10.2 Å². The maximum atomic E-state index is 15.4. The molecule has 0 radical (unpaired) electrons. The summed E-state index contributed by atoms with van der Waals surface area (Å²) in [5.41, 5.74) is -1.79. The largest absolute Gasteiger partial charge is 0.508 e. The Hall–Kier alpha value is -2.63. The lowest BCUT2D eigenvalue weighted by Crippen LogP contribution is -2.44. The molecule has 15 heteroatoms. The predicted octanol–water partition coefficient (Wildman–Crippen LogP) is 6.57. The summed E-state index contributed by atoms with van der Waals surface area (Å²) >= 11 is 12.4. The number of nitrogens with one attached hydrogen (secondary N) is 1. The third kappa shape index (κ3) is 8.93. The van der Waals surface area contributed by atoms with Crippen molar-refractivity contribution in [3.05, 3.63) is 39.8 Å². The van der Waals surface area contributed by atoms with Crippen LogP contribution in [-0.4, -0.2) is 43.9 Å². The van der Waals surface area contributed by atoms with Crippen LogP contribution in [0.25, 0.3) is 0 Å². The third-order valence-electron chi connectivity index (χ3n) is 5.41. The number of phenols is 1. The van der Waals surface area contributed by atoms with Crippen LogP contribution in [0.4, 0.5) is 10.2 Å². The monoisotopic (exact) mass is 638 g/mol. The fraction of sp³-hybridized carbons (Fsp3) is 0.500. The quantitative estimate of drug-likeness (QED) is 0.102. The zero-order valence-electron chi connectivity index (χ0n) is 23.8. The molecular formula is C26H34Cl2FN2O9P. The van der Waals surface area contributed by atoms with Crippen LogP contribution in [0.5, 0.6) is 17.2 Å². The van der Waals surface area contributed by atoms with Crippen molar-refractivity contribution in [1.29, 1.82) is 0 Å². The van der Waals surface area contributed by atoms with E-state index in [9.17, 15) is 29.0 Å². The molecule has 0 saturated carbocycles. The van der Waals surface area contributed by atoms with E-state index < -0.39 is 70.0 Å². The summed E-state index contributed by atoms with van der Waals surface area (Å²) in [6.07, 6.45) is -2.21. The van der Waals surface area contributed by atoms with E-state index in [0.29, 0.717) is 5.56 Å². The molecule has 0 aliphatic heterocycles. The first kappa shape index (κ1) is 34.6. The van der Waals surface area contributed by atoms with Crippen molar-refractivity contribution < 1.29 is 47.6 Å². The Balaban J connectivity index is 2.54. The van der Waals surface area contributed by atoms with Gasteiger partial charge in [-0.05, 0) is 65.7 Å². The smallest absolute Gasteiger partial charge is 0.355 e. The SMILES string of the molecule is CC(C)c1cc(Oc2c(Cl)nc(NC(C(OC(=O)C(C)(C)C)OC(=O)C(C)(C)C)P(=O)(O)O)c(F)c2Cl)ccc1O. The van der Waals surface area contributed by atoms with Gasteiger partial charge in [-0.3, -0.25) is 14.2 Å². The fourth-order valence-electron chi connectivity index (χ4n) is 3.02. The molecule has 0 bridgehead atoms. The fourth-order valence-corrected chi connectivity index (χ4v) is 4.23. The van der Waals surface area contributed by atoms with E-state index in [-0.39, 0.29) is 17.4 Å². The van der Waals surface area contributed by atoms with Crippen LogP contribution in [0, 0.1) is 16.6 Å². The number of carbonyl (C=O) groups is 2. The highest BCUT2D eigenvalue weighted by atomic mass is 35.5. The standard InChI is InChI=1S/C26H34Cl2FN2O9P/c1-12(2)14-11-13(9-10-15(14)32)38-18-16(27)17(29)20(30-19(18)28)31-21(41(35,36)37)22(39-23(33)25(3,4)5)40-24(34)26(6,7)8/h9-12,21-22,32H,1-8H3,(H,30,31)(H2,35,36,37). The molecule has 0 aliphatic rings. The second kappa shape index (κ2) is 12.7. The molecule has 0 saturated heterocycles. The van der Waals surface area contributed by atoms with Gasteiger partial charge in [-0.1, -0.05) is 37.0 Å². The molecule has 11 nitrogen and oxygen atoms in total. The summed E-state index contributed by atoms with van der Waals surface area (Å²) < 4.78 is 44.0. The van der Waals surface area contributed by atoms with Crippen LogP contribution < -0.4 is 10.1 Å². The lowest BCUT2D eigenvalue weighted by Gasteiger charge is -2.32. The summed E-state index contributed by atoms with van der Waals surface area (Å²) in [5, 5.41) is 11.0. The third-order valence-corrected chi connectivity index (χ3v) is 7.11. The lowest BCUT2D eigenvalue weighted by molar-refractivity contribution is -0.198. The number of pyridine rings is 1. The van der Waals surface area contributed by atoms with Crippen molar-refractivity contribution in [2.45, 2.75) is 73.4 Å². The van der Waals surface area contributed by atoms with Crippen molar-refractivity contribution in [3.63, 3.8) is 0 Å². The molecule has 41 heavy (non-hydrogen) atoms. The molecule has 1 unspecified atom stereocenters. The van der Waals surface area contributed by atoms with Crippen LogP contribution in [0.3, 0.4) is 0 Å². The summed E-state index contributed by atoms with van der Waals surface area (Å²) in [6, 6.07) is 4.26. The second-order valence-electron chi connectivity index (χ2n) is 11.5. The molecule has 2 aromatic rings. The zero-order valence-corrected chi connectivity index (χ0v) is 26.2. The molecule has 1 atom stereocenters. The van der Waals surface area contributed by atoms with Gasteiger partial charge in [-0.15, -0.1) is 0 Å².